The van der Waals surface area contributed by atoms with Gasteiger partial charge in [-0.1, -0.05) is 23.8 Å². The lowest BCUT2D eigenvalue weighted by molar-refractivity contribution is 0.227. The van der Waals surface area contributed by atoms with Crippen LogP contribution in [0, 0.1) is 0 Å². The van der Waals surface area contributed by atoms with Gasteiger partial charge in [0.25, 0.3) is 0 Å². The van der Waals surface area contributed by atoms with Gasteiger partial charge in [-0.15, -0.1) is 0 Å². The van der Waals surface area contributed by atoms with Crippen LogP contribution in [0.25, 0.3) is 0 Å². The van der Waals surface area contributed by atoms with Crippen molar-refractivity contribution < 1.29 is 4.74 Å². The van der Waals surface area contributed by atoms with Crippen molar-refractivity contribution in [3.63, 3.8) is 0 Å². The standard InChI is InChI=1S/C7H10ClNO/c1-10-5-6-3-2-4-9-7(6)8/h2-3,9H,4-5H2,1H3. The molecule has 1 aliphatic heterocycles. The highest BCUT2D eigenvalue weighted by Crippen LogP contribution is 2.11. The second-order valence-corrected chi connectivity index (χ2v) is 2.43. The van der Waals surface area contributed by atoms with Gasteiger partial charge >= 0.3 is 0 Å². The van der Waals surface area contributed by atoms with Crippen LogP contribution in [0.1, 0.15) is 0 Å². The topological polar surface area (TPSA) is 21.3 Å². The maximum absolute atomic E-state index is 5.80. The first-order valence-corrected chi connectivity index (χ1v) is 3.50. The summed E-state index contributed by atoms with van der Waals surface area (Å²) in [4.78, 5) is 0. The summed E-state index contributed by atoms with van der Waals surface area (Å²) >= 11 is 5.80. The molecular weight excluding hydrogens is 150 g/mol. The normalized spacial score (nSPS) is 17.4. The molecule has 0 saturated carbocycles. The SMILES string of the molecule is COCC1=C(Cl)NCC=C1. The third kappa shape index (κ3) is 1.75. The molecule has 0 aromatic heterocycles. The Morgan fingerprint density at radius 2 is 2.60 bits per heavy atom. The second kappa shape index (κ2) is 3.64. The maximum Gasteiger partial charge on any atom is 0.108 e. The molecule has 1 rings (SSSR count). The van der Waals surface area contributed by atoms with E-state index in [0.717, 1.165) is 12.1 Å². The molecule has 0 bridgehead atoms. The molecule has 1 aliphatic rings. The van der Waals surface area contributed by atoms with E-state index in [2.05, 4.69) is 5.32 Å². The Balaban J connectivity index is 2.60. The molecule has 0 unspecified atom stereocenters. The van der Waals surface area contributed by atoms with E-state index in [9.17, 15) is 0 Å². The fraction of sp³-hybridized carbons (Fsp3) is 0.429. The van der Waals surface area contributed by atoms with E-state index >= 15 is 0 Å². The molecule has 0 amide bonds. The molecule has 0 fully saturated rings. The summed E-state index contributed by atoms with van der Waals surface area (Å²) in [5.74, 6) is 0. The van der Waals surface area contributed by atoms with Crippen LogP contribution in [-0.4, -0.2) is 20.3 Å². The third-order valence-electron chi connectivity index (χ3n) is 1.28. The summed E-state index contributed by atoms with van der Waals surface area (Å²) in [5, 5.41) is 3.69. The molecule has 0 radical (unpaired) electrons. The van der Waals surface area contributed by atoms with Crippen molar-refractivity contribution >= 4 is 11.6 Å². The lowest BCUT2D eigenvalue weighted by atomic mass is 10.2. The highest BCUT2D eigenvalue weighted by molar-refractivity contribution is 6.29. The third-order valence-corrected chi connectivity index (χ3v) is 1.65. The Morgan fingerprint density at radius 3 is 3.20 bits per heavy atom. The van der Waals surface area contributed by atoms with Crippen LogP contribution in [0.15, 0.2) is 22.9 Å². The summed E-state index contributed by atoms with van der Waals surface area (Å²) in [6, 6.07) is 0. The van der Waals surface area contributed by atoms with E-state index in [-0.39, 0.29) is 0 Å². The molecule has 0 aliphatic carbocycles. The number of nitrogens with one attached hydrogen (secondary N) is 1. The first-order valence-electron chi connectivity index (χ1n) is 3.12. The van der Waals surface area contributed by atoms with E-state index in [0.29, 0.717) is 11.8 Å². The Kier molecular flexibility index (Phi) is 2.78. The van der Waals surface area contributed by atoms with Crippen LogP contribution in [0.4, 0.5) is 0 Å². The summed E-state index contributed by atoms with van der Waals surface area (Å²) in [6.45, 7) is 1.38. The smallest absolute Gasteiger partial charge is 0.108 e. The van der Waals surface area contributed by atoms with Crippen LogP contribution in [-0.2, 0) is 4.74 Å². The molecule has 1 heterocycles. The molecule has 2 nitrogen and oxygen atoms in total. The van der Waals surface area contributed by atoms with E-state index in [1.54, 1.807) is 7.11 Å². The minimum Gasteiger partial charge on any atom is -0.380 e. The maximum atomic E-state index is 5.80. The van der Waals surface area contributed by atoms with Gasteiger partial charge in [0.2, 0.25) is 0 Å². The number of hydrogen-bond acceptors (Lipinski definition) is 2. The zero-order valence-electron chi connectivity index (χ0n) is 5.86. The van der Waals surface area contributed by atoms with Crippen molar-refractivity contribution in [3.05, 3.63) is 22.9 Å². The Morgan fingerprint density at radius 1 is 1.80 bits per heavy atom. The lowest BCUT2D eigenvalue weighted by Crippen LogP contribution is -2.16. The van der Waals surface area contributed by atoms with Crippen molar-refractivity contribution in [3.8, 4) is 0 Å². The first kappa shape index (κ1) is 7.63. The van der Waals surface area contributed by atoms with Crippen LogP contribution >= 0.6 is 11.6 Å². The summed E-state index contributed by atoms with van der Waals surface area (Å²) in [5.41, 5.74) is 1.01. The van der Waals surface area contributed by atoms with Gasteiger partial charge in [-0.3, -0.25) is 0 Å². The molecule has 0 saturated heterocycles. The van der Waals surface area contributed by atoms with Crippen molar-refractivity contribution in [2.45, 2.75) is 0 Å². The summed E-state index contributed by atoms with van der Waals surface area (Å²) in [7, 11) is 1.65. The Labute approximate surface area is 65.5 Å². The highest BCUT2D eigenvalue weighted by atomic mass is 35.5. The molecule has 56 valence electrons. The zero-order valence-corrected chi connectivity index (χ0v) is 6.61. The van der Waals surface area contributed by atoms with Gasteiger partial charge < -0.3 is 10.1 Å². The van der Waals surface area contributed by atoms with Gasteiger partial charge in [-0.2, -0.15) is 0 Å². The van der Waals surface area contributed by atoms with Crippen LogP contribution in [0.3, 0.4) is 0 Å². The zero-order chi connectivity index (χ0) is 7.40. The van der Waals surface area contributed by atoms with E-state index < -0.39 is 0 Å². The quantitative estimate of drug-likeness (QED) is 0.613. The number of ether oxygens (including phenoxy) is 1. The van der Waals surface area contributed by atoms with Gasteiger partial charge in [0, 0.05) is 19.2 Å². The van der Waals surface area contributed by atoms with Crippen molar-refractivity contribution in [2.24, 2.45) is 0 Å². The number of methoxy groups -OCH3 is 1. The summed E-state index contributed by atoms with van der Waals surface area (Å²) in [6.07, 6.45) is 3.99. The molecule has 10 heavy (non-hydrogen) atoms. The first-order chi connectivity index (χ1) is 4.84. The van der Waals surface area contributed by atoms with Gasteiger partial charge in [-0.05, 0) is 0 Å². The average molecular weight is 160 g/mol. The van der Waals surface area contributed by atoms with Crippen LogP contribution in [0.5, 0.6) is 0 Å². The molecular formula is C7H10ClNO. The van der Waals surface area contributed by atoms with Gasteiger partial charge in [-0.25, -0.2) is 0 Å². The van der Waals surface area contributed by atoms with E-state index in [1.807, 2.05) is 12.2 Å². The Hall–Kier alpha value is -0.470. The molecule has 1 N–H and O–H groups in total. The molecule has 0 aromatic carbocycles. The average Bonchev–Trinajstić information content (AvgIpc) is 1.94. The predicted molar refractivity (Wildman–Crippen MR) is 41.9 cm³/mol. The molecule has 0 atom stereocenters. The van der Waals surface area contributed by atoms with Gasteiger partial charge in [0.05, 0.1) is 6.61 Å². The lowest BCUT2D eigenvalue weighted by Gasteiger charge is -2.11. The monoisotopic (exact) mass is 159 g/mol. The largest absolute Gasteiger partial charge is 0.380 e. The predicted octanol–water partition coefficient (Wildman–Crippen LogP) is 1.24. The van der Waals surface area contributed by atoms with E-state index in [4.69, 9.17) is 16.3 Å². The van der Waals surface area contributed by atoms with Gasteiger partial charge in [0.15, 0.2) is 0 Å². The number of rotatable bonds is 2. The molecule has 3 heteroatoms. The van der Waals surface area contributed by atoms with Crippen LogP contribution in [0.2, 0.25) is 0 Å². The van der Waals surface area contributed by atoms with Crippen molar-refractivity contribution in [2.75, 3.05) is 20.3 Å². The summed E-state index contributed by atoms with van der Waals surface area (Å²) < 4.78 is 4.92. The highest BCUT2D eigenvalue weighted by Gasteiger charge is 2.03. The molecule has 0 spiro atoms. The minimum atomic E-state index is 0.572. The minimum absolute atomic E-state index is 0.572. The van der Waals surface area contributed by atoms with E-state index in [1.165, 1.54) is 0 Å². The van der Waals surface area contributed by atoms with Crippen molar-refractivity contribution in [1.82, 2.24) is 5.32 Å². The Bertz CT molecular complexity index is 174. The van der Waals surface area contributed by atoms with Crippen molar-refractivity contribution in [1.29, 1.82) is 0 Å². The van der Waals surface area contributed by atoms with Crippen LogP contribution < -0.4 is 5.32 Å². The number of halogens is 1. The molecule has 0 aromatic rings. The fourth-order valence-electron chi connectivity index (χ4n) is 0.803. The number of dihydropyridines is 1. The van der Waals surface area contributed by atoms with Gasteiger partial charge in [0.1, 0.15) is 5.16 Å². The number of hydrogen-bond donors (Lipinski definition) is 1. The fourth-order valence-corrected chi connectivity index (χ4v) is 0.998. The second-order valence-electron chi connectivity index (χ2n) is 2.06.